The third-order valence-electron chi connectivity index (χ3n) is 2.18. The fourth-order valence-corrected chi connectivity index (χ4v) is 1.45. The summed E-state index contributed by atoms with van der Waals surface area (Å²) in [5.41, 5.74) is 1.15. The summed E-state index contributed by atoms with van der Waals surface area (Å²) in [4.78, 5) is 22.5. The SMILES string of the molecule is COC(=O)c1ccc(C#N)c(CC(=O)CCl)c1. The molecule has 0 aliphatic carbocycles. The highest BCUT2D eigenvalue weighted by atomic mass is 35.5. The molecule has 0 aliphatic heterocycles. The second kappa shape index (κ2) is 6.02. The highest BCUT2D eigenvalue weighted by Gasteiger charge is 2.12. The van der Waals surface area contributed by atoms with Crippen LogP contribution in [-0.4, -0.2) is 24.7 Å². The Morgan fingerprint density at radius 2 is 2.18 bits per heavy atom. The number of benzene rings is 1. The van der Waals surface area contributed by atoms with Gasteiger partial charge in [0.25, 0.3) is 0 Å². The van der Waals surface area contributed by atoms with Gasteiger partial charge in [-0.1, -0.05) is 0 Å². The van der Waals surface area contributed by atoms with Gasteiger partial charge in [-0.15, -0.1) is 11.6 Å². The van der Waals surface area contributed by atoms with E-state index in [9.17, 15) is 9.59 Å². The molecule has 1 aromatic rings. The van der Waals surface area contributed by atoms with E-state index in [2.05, 4.69) is 4.74 Å². The molecular formula is C12H10ClNO3. The van der Waals surface area contributed by atoms with Crippen molar-refractivity contribution in [2.45, 2.75) is 6.42 Å². The minimum atomic E-state index is -0.505. The number of alkyl halides is 1. The van der Waals surface area contributed by atoms with Crippen LogP contribution in [0.1, 0.15) is 21.5 Å². The number of nitrogens with zero attached hydrogens (tertiary/aromatic N) is 1. The molecule has 0 aliphatic rings. The summed E-state index contributed by atoms with van der Waals surface area (Å²) in [5, 5.41) is 8.88. The molecular weight excluding hydrogens is 242 g/mol. The van der Waals surface area contributed by atoms with Gasteiger partial charge in [0.15, 0.2) is 5.78 Å². The fraction of sp³-hybridized carbons (Fsp3) is 0.250. The van der Waals surface area contributed by atoms with Crippen molar-refractivity contribution in [3.8, 4) is 6.07 Å². The Kier molecular flexibility index (Phi) is 4.68. The van der Waals surface area contributed by atoms with Gasteiger partial charge in [0, 0.05) is 6.42 Å². The summed E-state index contributed by atoms with van der Waals surface area (Å²) < 4.78 is 4.56. The van der Waals surface area contributed by atoms with Crippen LogP contribution in [0.4, 0.5) is 0 Å². The second-order valence-corrected chi connectivity index (χ2v) is 3.59. The summed E-state index contributed by atoms with van der Waals surface area (Å²) in [6.07, 6.45) is 0.0389. The van der Waals surface area contributed by atoms with Crippen molar-refractivity contribution in [3.05, 3.63) is 34.9 Å². The molecule has 1 rings (SSSR count). The molecule has 0 aromatic heterocycles. The Balaban J connectivity index is 3.11. The molecule has 0 atom stereocenters. The minimum absolute atomic E-state index is 0.0389. The average Bonchev–Trinajstić information content (AvgIpc) is 2.37. The summed E-state index contributed by atoms with van der Waals surface area (Å²) in [6.45, 7) is 0. The molecule has 17 heavy (non-hydrogen) atoms. The van der Waals surface area contributed by atoms with Crippen LogP contribution in [0.2, 0.25) is 0 Å². The summed E-state index contributed by atoms with van der Waals surface area (Å²) in [6, 6.07) is 6.42. The monoisotopic (exact) mass is 251 g/mol. The third kappa shape index (κ3) is 3.30. The van der Waals surface area contributed by atoms with Crippen LogP contribution in [0.15, 0.2) is 18.2 Å². The number of halogens is 1. The van der Waals surface area contributed by atoms with Crippen molar-refractivity contribution in [2.75, 3.05) is 13.0 Å². The lowest BCUT2D eigenvalue weighted by molar-refractivity contribution is -0.116. The van der Waals surface area contributed by atoms with E-state index in [0.29, 0.717) is 16.7 Å². The highest BCUT2D eigenvalue weighted by Crippen LogP contribution is 2.13. The Bertz CT molecular complexity index is 491. The van der Waals surface area contributed by atoms with Crippen molar-refractivity contribution < 1.29 is 14.3 Å². The topological polar surface area (TPSA) is 67.2 Å². The molecule has 88 valence electrons. The number of ketones is 1. The number of rotatable bonds is 4. The van der Waals surface area contributed by atoms with E-state index in [1.807, 2.05) is 6.07 Å². The zero-order valence-electron chi connectivity index (χ0n) is 9.20. The molecule has 0 fully saturated rings. The second-order valence-electron chi connectivity index (χ2n) is 3.32. The maximum atomic E-state index is 11.3. The smallest absolute Gasteiger partial charge is 0.337 e. The van der Waals surface area contributed by atoms with Gasteiger partial charge in [-0.25, -0.2) is 4.79 Å². The van der Waals surface area contributed by atoms with E-state index in [4.69, 9.17) is 16.9 Å². The number of nitriles is 1. The lowest BCUT2D eigenvalue weighted by Gasteiger charge is -2.05. The predicted molar refractivity (Wildman–Crippen MR) is 61.9 cm³/mol. The number of methoxy groups -OCH3 is 1. The molecule has 0 saturated heterocycles. The van der Waals surface area contributed by atoms with Crippen LogP contribution < -0.4 is 0 Å². The minimum Gasteiger partial charge on any atom is -0.465 e. The zero-order chi connectivity index (χ0) is 12.8. The molecule has 0 radical (unpaired) electrons. The first-order valence-electron chi connectivity index (χ1n) is 4.81. The molecule has 0 unspecified atom stereocenters. The number of carbonyl (C=O) groups excluding carboxylic acids is 2. The fourth-order valence-electron chi connectivity index (χ4n) is 1.35. The number of ether oxygens (including phenoxy) is 1. The first-order valence-corrected chi connectivity index (χ1v) is 5.34. The predicted octanol–water partition coefficient (Wildman–Crippen LogP) is 1.70. The van der Waals surface area contributed by atoms with Crippen molar-refractivity contribution in [2.24, 2.45) is 0 Å². The Morgan fingerprint density at radius 1 is 1.47 bits per heavy atom. The van der Waals surface area contributed by atoms with Gasteiger partial charge in [-0.05, 0) is 23.8 Å². The first kappa shape index (κ1) is 13.2. The van der Waals surface area contributed by atoms with Gasteiger partial charge in [0.2, 0.25) is 0 Å². The highest BCUT2D eigenvalue weighted by molar-refractivity contribution is 6.27. The van der Waals surface area contributed by atoms with Crippen molar-refractivity contribution in [1.29, 1.82) is 5.26 Å². The Morgan fingerprint density at radius 3 is 2.71 bits per heavy atom. The van der Waals surface area contributed by atoms with Gasteiger partial charge >= 0.3 is 5.97 Å². The van der Waals surface area contributed by atoms with E-state index in [1.54, 1.807) is 0 Å². The molecule has 1 aromatic carbocycles. The van der Waals surface area contributed by atoms with Gasteiger partial charge in [-0.3, -0.25) is 4.79 Å². The normalized spacial score (nSPS) is 9.47. The number of hydrogen-bond acceptors (Lipinski definition) is 4. The summed E-state index contributed by atoms with van der Waals surface area (Å²) in [5.74, 6) is -0.827. The standard InChI is InChI=1S/C12H10ClNO3/c1-17-12(16)8-2-3-9(7-14)10(4-8)5-11(15)6-13/h2-4H,5-6H2,1H3. The maximum Gasteiger partial charge on any atom is 0.337 e. The van der Waals surface area contributed by atoms with Gasteiger partial charge in [0.05, 0.1) is 30.2 Å². The van der Waals surface area contributed by atoms with E-state index in [1.165, 1.54) is 25.3 Å². The van der Waals surface area contributed by atoms with E-state index in [-0.39, 0.29) is 18.1 Å². The van der Waals surface area contributed by atoms with Crippen LogP contribution in [-0.2, 0) is 16.0 Å². The van der Waals surface area contributed by atoms with E-state index < -0.39 is 5.97 Å². The quantitative estimate of drug-likeness (QED) is 0.603. The summed E-state index contributed by atoms with van der Waals surface area (Å²) in [7, 11) is 1.27. The Hall–Kier alpha value is -1.86. The molecule has 5 heteroatoms. The molecule has 0 heterocycles. The maximum absolute atomic E-state index is 11.3. The van der Waals surface area contributed by atoms with Gasteiger partial charge in [-0.2, -0.15) is 5.26 Å². The van der Waals surface area contributed by atoms with Crippen molar-refractivity contribution >= 4 is 23.4 Å². The summed E-state index contributed by atoms with van der Waals surface area (Å²) >= 11 is 5.40. The Labute approximate surface area is 104 Å². The van der Waals surface area contributed by atoms with Crippen molar-refractivity contribution in [1.82, 2.24) is 0 Å². The first-order chi connectivity index (χ1) is 8.12. The number of Topliss-reactive ketones (excluding diaryl/α,β-unsaturated/α-hetero) is 1. The number of esters is 1. The largest absolute Gasteiger partial charge is 0.465 e. The van der Waals surface area contributed by atoms with Crippen LogP contribution in [0.3, 0.4) is 0 Å². The van der Waals surface area contributed by atoms with Gasteiger partial charge in [0.1, 0.15) is 0 Å². The van der Waals surface area contributed by atoms with Crippen LogP contribution in [0.5, 0.6) is 0 Å². The van der Waals surface area contributed by atoms with E-state index in [0.717, 1.165) is 0 Å². The van der Waals surface area contributed by atoms with E-state index >= 15 is 0 Å². The molecule has 0 amide bonds. The lowest BCUT2D eigenvalue weighted by atomic mass is 10.0. The van der Waals surface area contributed by atoms with Crippen LogP contribution >= 0.6 is 11.6 Å². The van der Waals surface area contributed by atoms with Gasteiger partial charge < -0.3 is 4.74 Å². The average molecular weight is 252 g/mol. The van der Waals surface area contributed by atoms with Crippen molar-refractivity contribution in [3.63, 3.8) is 0 Å². The molecule has 0 N–H and O–H groups in total. The number of carbonyl (C=O) groups is 2. The van der Waals surface area contributed by atoms with Crippen LogP contribution in [0.25, 0.3) is 0 Å². The number of hydrogen-bond donors (Lipinski definition) is 0. The molecule has 0 bridgehead atoms. The molecule has 0 spiro atoms. The third-order valence-corrected chi connectivity index (χ3v) is 2.48. The zero-order valence-corrected chi connectivity index (χ0v) is 9.95. The molecule has 0 saturated carbocycles. The van der Waals surface area contributed by atoms with Crippen LogP contribution in [0, 0.1) is 11.3 Å². The molecule has 4 nitrogen and oxygen atoms in total. The lowest BCUT2D eigenvalue weighted by Crippen LogP contribution is -2.08.